The molecular weight excluding hydrogens is 328 g/mol. The number of rotatable bonds is 5. The maximum Gasteiger partial charge on any atom is 0.347 e. The Morgan fingerprint density at radius 2 is 2.08 bits per heavy atom. The van der Waals surface area contributed by atoms with Gasteiger partial charge in [-0.05, 0) is 30.7 Å². The first-order valence-corrected chi connectivity index (χ1v) is 8.06. The minimum atomic E-state index is -1.07. The van der Waals surface area contributed by atoms with Gasteiger partial charge in [-0.1, -0.05) is 29.5 Å². The van der Waals surface area contributed by atoms with Crippen molar-refractivity contribution in [2.45, 2.75) is 6.92 Å². The van der Waals surface area contributed by atoms with E-state index in [2.05, 4.69) is 4.98 Å². The third kappa shape index (κ3) is 3.36. The summed E-state index contributed by atoms with van der Waals surface area (Å²) in [6.07, 6.45) is 4.84. The molecule has 1 aromatic carbocycles. The first-order valence-electron chi connectivity index (χ1n) is 7.24. The van der Waals surface area contributed by atoms with E-state index >= 15 is 0 Å². The van der Waals surface area contributed by atoms with Crippen molar-refractivity contribution in [3.8, 4) is 5.75 Å². The van der Waals surface area contributed by atoms with Crippen LogP contribution >= 0.6 is 11.3 Å². The zero-order valence-electron chi connectivity index (χ0n) is 12.8. The van der Waals surface area contributed by atoms with Gasteiger partial charge in [-0.2, -0.15) is 0 Å². The number of carboxylic acids is 1. The molecule has 0 bridgehead atoms. The van der Waals surface area contributed by atoms with Crippen LogP contribution in [0.25, 0.3) is 17.1 Å². The average Bonchev–Trinajstić information content (AvgIpc) is 3.00. The Labute approximate surface area is 141 Å². The van der Waals surface area contributed by atoms with Crippen molar-refractivity contribution < 1.29 is 14.6 Å². The molecule has 0 unspecified atom stereocenters. The van der Waals surface area contributed by atoms with Crippen molar-refractivity contribution in [2.24, 2.45) is 0 Å². The van der Waals surface area contributed by atoms with Crippen LogP contribution in [0.2, 0.25) is 0 Å². The number of benzene rings is 1. The number of nitrogens with zero attached hydrogens (tertiary/aromatic N) is 2. The molecule has 0 spiro atoms. The number of fused-ring (bicyclic) bond motifs is 1. The molecule has 2 aromatic heterocycles. The third-order valence-electron chi connectivity index (χ3n) is 3.24. The van der Waals surface area contributed by atoms with Crippen LogP contribution in [0, 0.1) is 0 Å². The number of carbonyl (C=O) groups is 1. The van der Waals surface area contributed by atoms with Crippen LogP contribution in [-0.4, -0.2) is 27.1 Å². The van der Waals surface area contributed by atoms with E-state index in [0.29, 0.717) is 17.3 Å². The molecule has 122 valence electrons. The zero-order valence-corrected chi connectivity index (χ0v) is 13.6. The van der Waals surface area contributed by atoms with Gasteiger partial charge >= 0.3 is 5.97 Å². The number of aromatic carboxylic acids is 1. The normalized spacial score (nSPS) is 11.2. The Hall–Kier alpha value is -2.93. The third-order valence-corrected chi connectivity index (χ3v) is 4.21. The molecule has 0 amide bonds. The molecule has 0 aliphatic carbocycles. The fraction of sp³-hybridized carbons (Fsp3) is 0.118. The van der Waals surface area contributed by atoms with Gasteiger partial charge in [-0.15, -0.1) is 0 Å². The highest BCUT2D eigenvalue weighted by atomic mass is 32.1. The Kier molecular flexibility index (Phi) is 4.43. The standard InChI is InChI=1S/C17H14N2O4S/c1-2-23-13-7-4-11(5-8-13)3-6-12-9-15(20)19-10-14(16(21)22)24-17(19)18-12/h3-10H,2H2,1H3,(H,21,22)/b6-3+. The van der Waals surface area contributed by atoms with Gasteiger partial charge in [0.05, 0.1) is 12.3 Å². The topological polar surface area (TPSA) is 80.9 Å². The average molecular weight is 342 g/mol. The molecule has 0 atom stereocenters. The number of aromatic nitrogens is 2. The molecule has 0 aliphatic heterocycles. The molecule has 24 heavy (non-hydrogen) atoms. The first-order chi connectivity index (χ1) is 11.6. The predicted octanol–water partition coefficient (Wildman–Crippen LogP) is 3.02. The van der Waals surface area contributed by atoms with Gasteiger partial charge in [0.15, 0.2) is 4.96 Å². The number of hydrogen-bond donors (Lipinski definition) is 1. The van der Waals surface area contributed by atoms with E-state index in [1.54, 1.807) is 6.08 Å². The Morgan fingerprint density at radius 3 is 2.75 bits per heavy atom. The lowest BCUT2D eigenvalue weighted by molar-refractivity contribution is 0.0701. The van der Waals surface area contributed by atoms with Crippen molar-refractivity contribution in [2.75, 3.05) is 6.61 Å². The maximum atomic E-state index is 12.0. The summed E-state index contributed by atoms with van der Waals surface area (Å²) in [4.78, 5) is 27.8. The molecule has 7 heteroatoms. The monoisotopic (exact) mass is 342 g/mol. The van der Waals surface area contributed by atoms with Crippen LogP contribution in [0.5, 0.6) is 5.75 Å². The van der Waals surface area contributed by atoms with E-state index < -0.39 is 5.97 Å². The summed E-state index contributed by atoms with van der Waals surface area (Å²) >= 11 is 0.965. The van der Waals surface area contributed by atoms with Crippen LogP contribution in [0.1, 0.15) is 27.9 Å². The van der Waals surface area contributed by atoms with Gasteiger partial charge in [-0.25, -0.2) is 9.78 Å². The summed E-state index contributed by atoms with van der Waals surface area (Å²) in [6.45, 7) is 2.54. The molecule has 3 aromatic rings. The second kappa shape index (κ2) is 6.67. The lowest BCUT2D eigenvalue weighted by Gasteiger charge is -2.02. The summed E-state index contributed by atoms with van der Waals surface area (Å²) in [5.41, 5.74) is 1.11. The second-order valence-corrected chi connectivity index (χ2v) is 5.92. The highest BCUT2D eigenvalue weighted by molar-refractivity contribution is 7.18. The molecule has 0 saturated carbocycles. The summed E-state index contributed by atoms with van der Waals surface area (Å²) in [6, 6.07) is 8.91. The summed E-state index contributed by atoms with van der Waals surface area (Å²) < 4.78 is 6.62. The number of carboxylic acid groups (broad SMARTS) is 1. The van der Waals surface area contributed by atoms with Crippen molar-refractivity contribution in [1.29, 1.82) is 0 Å². The Bertz CT molecular complexity index is 970. The summed E-state index contributed by atoms with van der Waals surface area (Å²) in [5, 5.41) is 9.00. The molecule has 2 heterocycles. The van der Waals surface area contributed by atoms with Crippen LogP contribution in [0.3, 0.4) is 0 Å². The molecule has 1 N–H and O–H groups in total. The van der Waals surface area contributed by atoms with Crippen molar-refractivity contribution >= 4 is 34.4 Å². The number of ether oxygens (including phenoxy) is 1. The molecule has 0 aliphatic rings. The Balaban J connectivity index is 1.89. The molecule has 0 radical (unpaired) electrons. The maximum absolute atomic E-state index is 12.0. The molecule has 6 nitrogen and oxygen atoms in total. The molecule has 3 rings (SSSR count). The van der Waals surface area contributed by atoms with Gasteiger partial charge in [0.25, 0.3) is 5.56 Å². The fourth-order valence-corrected chi connectivity index (χ4v) is 2.96. The van der Waals surface area contributed by atoms with E-state index in [-0.39, 0.29) is 10.4 Å². The van der Waals surface area contributed by atoms with E-state index in [0.717, 1.165) is 22.6 Å². The van der Waals surface area contributed by atoms with Gasteiger partial charge < -0.3 is 9.84 Å². The van der Waals surface area contributed by atoms with E-state index in [9.17, 15) is 9.59 Å². The van der Waals surface area contributed by atoms with Crippen molar-refractivity contribution in [1.82, 2.24) is 9.38 Å². The highest BCUT2D eigenvalue weighted by Gasteiger charge is 2.11. The highest BCUT2D eigenvalue weighted by Crippen LogP contribution is 2.16. The minimum Gasteiger partial charge on any atom is -0.494 e. The molecular formula is C17H14N2O4S. The fourth-order valence-electron chi connectivity index (χ4n) is 2.13. The SMILES string of the molecule is CCOc1ccc(/C=C/c2cc(=O)n3cc(C(=O)O)sc3n2)cc1. The molecule has 0 saturated heterocycles. The smallest absolute Gasteiger partial charge is 0.347 e. The van der Waals surface area contributed by atoms with E-state index in [4.69, 9.17) is 9.84 Å². The van der Waals surface area contributed by atoms with Gasteiger partial charge in [-0.3, -0.25) is 9.20 Å². The van der Waals surface area contributed by atoms with Crippen LogP contribution < -0.4 is 10.3 Å². The van der Waals surface area contributed by atoms with Crippen LogP contribution in [0.4, 0.5) is 0 Å². The van der Waals surface area contributed by atoms with Crippen LogP contribution in [-0.2, 0) is 0 Å². The lowest BCUT2D eigenvalue weighted by Crippen LogP contribution is -2.11. The molecule has 0 fully saturated rings. The van der Waals surface area contributed by atoms with Gasteiger partial charge in [0.2, 0.25) is 0 Å². The predicted molar refractivity (Wildman–Crippen MR) is 92.8 cm³/mol. The van der Waals surface area contributed by atoms with Crippen molar-refractivity contribution in [3.63, 3.8) is 0 Å². The summed E-state index contributed by atoms with van der Waals surface area (Å²) in [5.74, 6) is -0.274. The van der Waals surface area contributed by atoms with E-state index in [1.807, 2.05) is 37.3 Å². The van der Waals surface area contributed by atoms with Gasteiger partial charge in [0.1, 0.15) is 10.6 Å². The first kappa shape index (κ1) is 15.9. The number of thiazole rings is 1. The largest absolute Gasteiger partial charge is 0.494 e. The second-order valence-electron chi connectivity index (χ2n) is 4.91. The van der Waals surface area contributed by atoms with E-state index in [1.165, 1.54) is 16.7 Å². The van der Waals surface area contributed by atoms with Crippen molar-refractivity contribution in [3.05, 3.63) is 63.0 Å². The zero-order chi connectivity index (χ0) is 17.1. The quantitative estimate of drug-likeness (QED) is 0.771. The van der Waals surface area contributed by atoms with Gasteiger partial charge in [0, 0.05) is 12.3 Å². The minimum absolute atomic E-state index is 0.0762. The lowest BCUT2D eigenvalue weighted by atomic mass is 10.2. The Morgan fingerprint density at radius 1 is 1.33 bits per heavy atom. The van der Waals surface area contributed by atoms with Crippen LogP contribution in [0.15, 0.2) is 41.3 Å². The summed E-state index contributed by atoms with van der Waals surface area (Å²) in [7, 11) is 0. The number of hydrogen-bond acceptors (Lipinski definition) is 5.